The van der Waals surface area contributed by atoms with Gasteiger partial charge in [0.25, 0.3) is 0 Å². The number of nitrogens with two attached hydrogens (primary N) is 2. The van der Waals surface area contributed by atoms with Gasteiger partial charge in [-0.25, -0.2) is 0 Å². The predicted molar refractivity (Wildman–Crippen MR) is 49.7 cm³/mol. The van der Waals surface area contributed by atoms with Gasteiger partial charge in [0.05, 0.1) is 6.54 Å². The van der Waals surface area contributed by atoms with E-state index >= 15 is 0 Å². The number of hydrogen-bond donors (Lipinski definition) is 2. The molecular weight excluding hydrogens is 176 g/mol. The maximum Gasteiger partial charge on any atom is 0.231 e. The van der Waals surface area contributed by atoms with Gasteiger partial charge in [0.1, 0.15) is 0 Å². The van der Waals surface area contributed by atoms with Crippen molar-refractivity contribution in [2.75, 3.05) is 6.54 Å². The summed E-state index contributed by atoms with van der Waals surface area (Å²) in [6, 6.07) is 9.44. The van der Waals surface area contributed by atoms with E-state index in [9.17, 15) is 4.79 Å². The molecule has 3 nitrogen and oxygen atoms in total. The van der Waals surface area contributed by atoms with Crippen LogP contribution < -0.4 is 11.5 Å². The zero-order chi connectivity index (χ0) is 9.40. The van der Waals surface area contributed by atoms with Crippen LogP contribution in [0.5, 0.6) is 0 Å². The molecule has 1 aromatic carbocycles. The highest BCUT2D eigenvalue weighted by atomic mass is 35.5. The van der Waals surface area contributed by atoms with Crippen molar-refractivity contribution in [2.24, 2.45) is 11.5 Å². The molecular formula is C8H11ClN2O. The molecule has 0 bridgehead atoms. The van der Waals surface area contributed by atoms with Crippen LogP contribution in [-0.4, -0.2) is 12.5 Å². The molecule has 4 heteroatoms. The molecule has 4 N–H and O–H groups in total. The Labute approximate surface area is 76.3 Å². The fraction of sp³-hybridized carbons (Fsp3) is 0.125. The van der Waals surface area contributed by atoms with Crippen LogP contribution in [0.1, 0.15) is 0 Å². The Hall–Kier alpha value is -1.06. The number of carbonyl (C=O) groups excluding carboxylic acids is 1. The predicted octanol–water partition coefficient (Wildman–Crippen LogP) is 0.770. The quantitative estimate of drug-likeness (QED) is 0.680. The number of rotatable bonds is 1. The number of primary amides is 1. The van der Waals surface area contributed by atoms with Crippen molar-refractivity contribution in [2.45, 2.75) is 0 Å². The van der Waals surface area contributed by atoms with Crippen LogP contribution in [0.2, 0.25) is 5.02 Å². The maximum absolute atomic E-state index is 9.47. The van der Waals surface area contributed by atoms with Crippen LogP contribution in [-0.2, 0) is 4.79 Å². The average Bonchev–Trinajstić information content (AvgIpc) is 2.07. The van der Waals surface area contributed by atoms with Gasteiger partial charge < -0.3 is 11.5 Å². The molecule has 0 fully saturated rings. The zero-order valence-corrected chi connectivity index (χ0v) is 7.29. The Kier molecular flexibility index (Phi) is 6.05. The van der Waals surface area contributed by atoms with Crippen LogP contribution in [0.15, 0.2) is 30.3 Å². The minimum atomic E-state index is -0.468. The SMILES string of the molecule is Clc1ccccc1.NCC(N)=O. The fourth-order valence-corrected chi connectivity index (χ4v) is 0.560. The molecule has 0 heterocycles. The van der Waals surface area contributed by atoms with Gasteiger partial charge in [-0.3, -0.25) is 4.79 Å². The molecule has 0 radical (unpaired) electrons. The second-order valence-electron chi connectivity index (χ2n) is 1.97. The largest absolute Gasteiger partial charge is 0.369 e. The first-order valence-corrected chi connectivity index (χ1v) is 3.73. The van der Waals surface area contributed by atoms with Gasteiger partial charge in [-0.1, -0.05) is 29.8 Å². The van der Waals surface area contributed by atoms with Crippen LogP contribution in [0, 0.1) is 0 Å². The topological polar surface area (TPSA) is 69.1 Å². The Bertz CT molecular complexity index is 226. The summed E-state index contributed by atoms with van der Waals surface area (Å²) in [5.74, 6) is -0.468. The third kappa shape index (κ3) is 7.05. The van der Waals surface area contributed by atoms with Crippen molar-refractivity contribution in [3.05, 3.63) is 35.4 Å². The van der Waals surface area contributed by atoms with E-state index in [0.29, 0.717) is 0 Å². The second-order valence-corrected chi connectivity index (χ2v) is 2.40. The minimum Gasteiger partial charge on any atom is -0.369 e. The lowest BCUT2D eigenvalue weighted by Crippen LogP contribution is -2.21. The van der Waals surface area contributed by atoms with E-state index in [1.807, 2.05) is 30.3 Å². The number of carbonyl (C=O) groups is 1. The van der Waals surface area contributed by atoms with Crippen LogP contribution >= 0.6 is 11.6 Å². The molecule has 0 spiro atoms. The summed E-state index contributed by atoms with van der Waals surface area (Å²) in [5.41, 5.74) is 9.22. The summed E-state index contributed by atoms with van der Waals surface area (Å²) in [5, 5.41) is 0.794. The standard InChI is InChI=1S/C6H5Cl.C2H6N2O/c7-6-4-2-1-3-5-6;3-1-2(4)5/h1-5H;1,3H2,(H2,4,5). The van der Waals surface area contributed by atoms with Gasteiger partial charge in [0, 0.05) is 5.02 Å². The molecule has 0 saturated carbocycles. The number of hydrogen-bond acceptors (Lipinski definition) is 2. The van der Waals surface area contributed by atoms with Gasteiger partial charge in [-0.15, -0.1) is 0 Å². The van der Waals surface area contributed by atoms with Gasteiger partial charge in [-0.05, 0) is 12.1 Å². The molecule has 1 aromatic rings. The summed E-state index contributed by atoms with van der Waals surface area (Å²) >= 11 is 5.54. The van der Waals surface area contributed by atoms with Crippen LogP contribution in [0.3, 0.4) is 0 Å². The molecule has 66 valence electrons. The lowest BCUT2D eigenvalue weighted by molar-refractivity contribution is -0.116. The van der Waals surface area contributed by atoms with Gasteiger partial charge in [0.15, 0.2) is 0 Å². The van der Waals surface area contributed by atoms with E-state index in [1.54, 1.807) is 0 Å². The van der Waals surface area contributed by atoms with E-state index in [4.69, 9.17) is 17.3 Å². The molecule has 12 heavy (non-hydrogen) atoms. The Morgan fingerprint density at radius 3 is 1.92 bits per heavy atom. The third-order valence-electron chi connectivity index (χ3n) is 0.934. The van der Waals surface area contributed by atoms with Crippen molar-refractivity contribution in [1.82, 2.24) is 0 Å². The first-order valence-electron chi connectivity index (χ1n) is 3.35. The van der Waals surface area contributed by atoms with E-state index < -0.39 is 5.91 Å². The second kappa shape index (κ2) is 6.64. The summed E-state index contributed by atoms with van der Waals surface area (Å²) in [6.07, 6.45) is 0. The highest BCUT2D eigenvalue weighted by molar-refractivity contribution is 6.30. The number of amides is 1. The van der Waals surface area contributed by atoms with E-state index in [-0.39, 0.29) is 6.54 Å². The van der Waals surface area contributed by atoms with Crippen molar-refractivity contribution in [1.29, 1.82) is 0 Å². The molecule has 0 aliphatic rings. The van der Waals surface area contributed by atoms with Crippen LogP contribution in [0.25, 0.3) is 0 Å². The van der Waals surface area contributed by atoms with Crippen molar-refractivity contribution in [3.63, 3.8) is 0 Å². The van der Waals surface area contributed by atoms with Crippen molar-refractivity contribution in [3.8, 4) is 0 Å². The zero-order valence-electron chi connectivity index (χ0n) is 6.53. The number of benzene rings is 1. The van der Waals surface area contributed by atoms with E-state index in [0.717, 1.165) is 5.02 Å². The van der Waals surface area contributed by atoms with Gasteiger partial charge in [0.2, 0.25) is 5.91 Å². The highest BCUT2D eigenvalue weighted by Crippen LogP contribution is 2.03. The number of halogens is 1. The first-order chi connectivity index (χ1) is 5.66. The van der Waals surface area contributed by atoms with Crippen molar-refractivity contribution < 1.29 is 4.79 Å². The van der Waals surface area contributed by atoms with E-state index in [2.05, 4.69) is 5.73 Å². The minimum absolute atomic E-state index is 0.0556. The lowest BCUT2D eigenvalue weighted by atomic mass is 10.4. The Morgan fingerprint density at radius 1 is 1.33 bits per heavy atom. The molecule has 0 aliphatic carbocycles. The Morgan fingerprint density at radius 2 is 1.75 bits per heavy atom. The highest BCUT2D eigenvalue weighted by Gasteiger charge is 1.77. The molecule has 1 rings (SSSR count). The molecule has 0 aliphatic heterocycles. The molecule has 0 aromatic heterocycles. The average molecular weight is 187 g/mol. The van der Waals surface area contributed by atoms with E-state index in [1.165, 1.54) is 0 Å². The maximum atomic E-state index is 9.47. The molecule has 0 saturated heterocycles. The summed E-state index contributed by atoms with van der Waals surface area (Å²) in [4.78, 5) is 9.47. The summed E-state index contributed by atoms with van der Waals surface area (Å²) < 4.78 is 0. The fourth-order valence-electron chi connectivity index (χ4n) is 0.415. The lowest BCUT2D eigenvalue weighted by Gasteiger charge is -1.80. The first kappa shape index (κ1) is 10.9. The normalized spacial score (nSPS) is 8.17. The summed E-state index contributed by atoms with van der Waals surface area (Å²) in [6.45, 7) is -0.0556. The smallest absolute Gasteiger partial charge is 0.231 e. The molecule has 1 amide bonds. The third-order valence-corrected chi connectivity index (χ3v) is 1.19. The Balaban J connectivity index is 0.000000217. The molecule has 0 atom stereocenters. The van der Waals surface area contributed by atoms with Crippen LogP contribution in [0.4, 0.5) is 0 Å². The van der Waals surface area contributed by atoms with Crippen molar-refractivity contribution >= 4 is 17.5 Å². The monoisotopic (exact) mass is 186 g/mol. The van der Waals surface area contributed by atoms with Gasteiger partial charge >= 0.3 is 0 Å². The molecule has 0 unspecified atom stereocenters. The summed E-state index contributed by atoms with van der Waals surface area (Å²) in [7, 11) is 0. The van der Waals surface area contributed by atoms with Gasteiger partial charge in [-0.2, -0.15) is 0 Å².